The van der Waals surface area contributed by atoms with Gasteiger partial charge in [0.05, 0.1) is 12.0 Å². The Morgan fingerprint density at radius 1 is 1.12 bits per heavy atom. The Bertz CT molecular complexity index is 703. The Balaban J connectivity index is 2.08. The van der Waals surface area contributed by atoms with Crippen LogP contribution in [-0.4, -0.2) is 17.2 Å². The lowest BCUT2D eigenvalue weighted by molar-refractivity contribution is -0.138. The second kappa shape index (κ2) is 7.97. The van der Waals surface area contributed by atoms with Crippen molar-refractivity contribution in [3.05, 3.63) is 70.2 Å². The summed E-state index contributed by atoms with van der Waals surface area (Å²) < 4.78 is 6.07. The maximum Gasteiger partial charge on any atom is 0.408 e. The number of halogens is 1. The molecule has 1 unspecified atom stereocenters. The first-order valence-electron chi connectivity index (χ1n) is 7.36. The van der Waals surface area contributed by atoms with Crippen LogP contribution in [0.3, 0.4) is 0 Å². The van der Waals surface area contributed by atoms with Crippen molar-refractivity contribution in [1.29, 1.82) is 0 Å². The Labute approximate surface area is 148 Å². The van der Waals surface area contributed by atoms with E-state index < -0.39 is 17.6 Å². The normalized spacial score (nSPS) is 12.9. The van der Waals surface area contributed by atoms with Gasteiger partial charge in [-0.1, -0.05) is 58.4 Å². The third-order valence-corrected chi connectivity index (χ3v) is 4.11. The maximum absolute atomic E-state index is 12.1. The second-order valence-corrected chi connectivity index (χ2v) is 6.51. The van der Waals surface area contributed by atoms with Crippen LogP contribution < -0.4 is 5.32 Å². The summed E-state index contributed by atoms with van der Waals surface area (Å²) in [6.45, 7) is 1.78. The summed E-state index contributed by atoms with van der Waals surface area (Å²) in [7, 11) is 0. The molecule has 0 aliphatic heterocycles. The molecule has 6 heteroatoms. The number of carbonyl (C=O) groups is 2. The SMILES string of the molecule is CC(CC(=O)O)(NC(=O)OCc1ccccc1)c1ccc(Br)cc1. The number of ether oxygens (including phenoxy) is 1. The number of carboxylic acid groups (broad SMARTS) is 1. The number of carboxylic acids is 1. The summed E-state index contributed by atoms with van der Waals surface area (Å²) in [5.41, 5.74) is 0.473. The van der Waals surface area contributed by atoms with Crippen molar-refractivity contribution in [1.82, 2.24) is 5.32 Å². The van der Waals surface area contributed by atoms with Crippen LogP contribution in [0.25, 0.3) is 0 Å². The molecule has 2 aromatic carbocycles. The molecule has 0 heterocycles. The zero-order chi connectivity index (χ0) is 17.6. The van der Waals surface area contributed by atoms with Gasteiger partial charge in [0.15, 0.2) is 0 Å². The Morgan fingerprint density at radius 3 is 2.33 bits per heavy atom. The molecule has 0 saturated carbocycles. The van der Waals surface area contributed by atoms with Crippen LogP contribution in [-0.2, 0) is 21.7 Å². The summed E-state index contributed by atoms with van der Waals surface area (Å²) in [5, 5.41) is 11.9. The van der Waals surface area contributed by atoms with E-state index in [1.54, 1.807) is 31.2 Å². The number of alkyl carbamates (subject to hydrolysis) is 1. The van der Waals surface area contributed by atoms with E-state index in [4.69, 9.17) is 4.74 Å². The molecule has 0 aliphatic rings. The van der Waals surface area contributed by atoms with Gasteiger partial charge in [-0.15, -0.1) is 0 Å². The van der Waals surface area contributed by atoms with E-state index in [1.807, 2.05) is 30.3 Å². The van der Waals surface area contributed by atoms with E-state index in [0.29, 0.717) is 5.56 Å². The van der Waals surface area contributed by atoms with Gasteiger partial charge in [0.1, 0.15) is 6.61 Å². The fourth-order valence-electron chi connectivity index (χ4n) is 2.32. The van der Waals surface area contributed by atoms with Gasteiger partial charge in [-0.25, -0.2) is 4.79 Å². The Hall–Kier alpha value is -2.34. The highest BCUT2D eigenvalue weighted by atomic mass is 79.9. The molecular weight excluding hydrogens is 374 g/mol. The van der Waals surface area contributed by atoms with Crippen molar-refractivity contribution in [2.75, 3.05) is 0 Å². The van der Waals surface area contributed by atoms with Gasteiger partial charge in [-0.3, -0.25) is 4.79 Å². The number of carbonyl (C=O) groups excluding carboxylic acids is 1. The van der Waals surface area contributed by atoms with Crippen molar-refractivity contribution < 1.29 is 19.4 Å². The first-order valence-corrected chi connectivity index (χ1v) is 8.15. The minimum absolute atomic E-state index is 0.121. The van der Waals surface area contributed by atoms with E-state index in [2.05, 4.69) is 21.2 Å². The largest absolute Gasteiger partial charge is 0.481 e. The topological polar surface area (TPSA) is 75.6 Å². The van der Waals surface area contributed by atoms with Crippen LogP contribution in [0.5, 0.6) is 0 Å². The minimum Gasteiger partial charge on any atom is -0.481 e. The lowest BCUT2D eigenvalue weighted by Crippen LogP contribution is -2.45. The third-order valence-electron chi connectivity index (χ3n) is 3.58. The minimum atomic E-state index is -1.07. The summed E-state index contributed by atoms with van der Waals surface area (Å²) in [6, 6.07) is 16.4. The van der Waals surface area contributed by atoms with E-state index in [9.17, 15) is 14.7 Å². The van der Waals surface area contributed by atoms with E-state index in [1.165, 1.54) is 0 Å². The highest BCUT2D eigenvalue weighted by Crippen LogP contribution is 2.26. The number of benzene rings is 2. The average Bonchev–Trinajstić information content (AvgIpc) is 2.53. The second-order valence-electron chi connectivity index (χ2n) is 5.60. The smallest absolute Gasteiger partial charge is 0.408 e. The molecule has 24 heavy (non-hydrogen) atoms. The highest BCUT2D eigenvalue weighted by Gasteiger charge is 2.32. The van der Waals surface area contributed by atoms with Gasteiger partial charge in [-0.05, 0) is 30.2 Å². The van der Waals surface area contributed by atoms with E-state index >= 15 is 0 Å². The zero-order valence-corrected chi connectivity index (χ0v) is 14.7. The summed E-state index contributed by atoms with van der Waals surface area (Å²) in [4.78, 5) is 23.3. The number of hydrogen-bond donors (Lipinski definition) is 2. The van der Waals surface area contributed by atoms with Crippen LogP contribution in [0.1, 0.15) is 24.5 Å². The molecule has 5 nitrogen and oxygen atoms in total. The molecular formula is C18H18BrNO4. The number of nitrogens with one attached hydrogen (secondary N) is 1. The first kappa shape index (κ1) is 18.0. The monoisotopic (exact) mass is 391 g/mol. The molecule has 2 N–H and O–H groups in total. The molecule has 0 aliphatic carbocycles. The molecule has 2 aromatic rings. The molecule has 126 valence electrons. The first-order chi connectivity index (χ1) is 11.4. The third kappa shape index (κ3) is 5.09. The number of rotatable bonds is 6. The van der Waals surface area contributed by atoms with E-state index in [0.717, 1.165) is 10.0 Å². The molecule has 0 aromatic heterocycles. The fourth-order valence-corrected chi connectivity index (χ4v) is 2.59. The maximum atomic E-state index is 12.1. The van der Waals surface area contributed by atoms with Crippen molar-refractivity contribution in [3.8, 4) is 0 Å². The number of aliphatic carboxylic acids is 1. The van der Waals surface area contributed by atoms with Gasteiger partial charge in [0.2, 0.25) is 0 Å². The molecule has 1 atom stereocenters. The van der Waals surface area contributed by atoms with Crippen LogP contribution in [0.15, 0.2) is 59.1 Å². The van der Waals surface area contributed by atoms with Gasteiger partial charge < -0.3 is 15.2 Å². The van der Waals surface area contributed by atoms with Crippen LogP contribution in [0.2, 0.25) is 0 Å². The lowest BCUT2D eigenvalue weighted by atomic mass is 9.89. The van der Waals surface area contributed by atoms with Crippen LogP contribution in [0, 0.1) is 0 Å². The van der Waals surface area contributed by atoms with Crippen molar-refractivity contribution in [2.24, 2.45) is 0 Å². The van der Waals surface area contributed by atoms with Crippen LogP contribution in [0.4, 0.5) is 4.79 Å². The van der Waals surface area contributed by atoms with E-state index in [-0.39, 0.29) is 13.0 Å². The van der Waals surface area contributed by atoms with Gasteiger partial charge in [0, 0.05) is 4.47 Å². The van der Waals surface area contributed by atoms with Crippen molar-refractivity contribution in [2.45, 2.75) is 25.5 Å². The van der Waals surface area contributed by atoms with Crippen LogP contribution >= 0.6 is 15.9 Å². The molecule has 0 spiro atoms. The standard InChI is InChI=1S/C18H18BrNO4/c1-18(11-16(21)22,14-7-9-15(19)10-8-14)20-17(23)24-12-13-5-3-2-4-6-13/h2-10H,11-12H2,1H3,(H,20,23)(H,21,22). The van der Waals surface area contributed by atoms with Gasteiger partial charge in [-0.2, -0.15) is 0 Å². The summed E-state index contributed by atoms with van der Waals surface area (Å²) >= 11 is 3.34. The highest BCUT2D eigenvalue weighted by molar-refractivity contribution is 9.10. The quantitative estimate of drug-likeness (QED) is 0.777. The Kier molecular flexibility index (Phi) is 5.98. The van der Waals surface area contributed by atoms with Gasteiger partial charge in [0.25, 0.3) is 0 Å². The molecule has 0 radical (unpaired) electrons. The average molecular weight is 392 g/mol. The lowest BCUT2D eigenvalue weighted by Gasteiger charge is -2.29. The molecule has 0 fully saturated rings. The molecule has 1 amide bonds. The fraction of sp³-hybridized carbons (Fsp3) is 0.222. The molecule has 0 bridgehead atoms. The summed E-state index contributed by atoms with van der Waals surface area (Å²) in [5.74, 6) is -1.01. The van der Waals surface area contributed by atoms with Crippen molar-refractivity contribution in [3.63, 3.8) is 0 Å². The predicted molar refractivity (Wildman–Crippen MR) is 93.5 cm³/mol. The Morgan fingerprint density at radius 2 is 1.75 bits per heavy atom. The molecule has 0 saturated heterocycles. The summed E-state index contributed by atoms with van der Waals surface area (Å²) in [6.07, 6.45) is -0.916. The van der Waals surface area contributed by atoms with Gasteiger partial charge >= 0.3 is 12.1 Å². The number of amides is 1. The zero-order valence-electron chi connectivity index (χ0n) is 13.2. The van der Waals surface area contributed by atoms with Crippen molar-refractivity contribution >= 4 is 28.0 Å². The molecule has 2 rings (SSSR count). The predicted octanol–water partition coefficient (Wildman–Crippen LogP) is 4.07. The number of hydrogen-bond acceptors (Lipinski definition) is 3.